The van der Waals surface area contributed by atoms with Crippen LogP contribution in [-0.2, 0) is 4.79 Å². The zero-order valence-corrected chi connectivity index (χ0v) is 8.52. The number of aromatic carboxylic acids is 1. The van der Waals surface area contributed by atoms with Gasteiger partial charge in [-0.25, -0.2) is 4.79 Å². The lowest BCUT2D eigenvalue weighted by molar-refractivity contribution is -0.134. The Balaban J connectivity index is 0.000000423. The summed E-state index contributed by atoms with van der Waals surface area (Å²) in [5, 5.41) is 16.0. The molecule has 0 fully saturated rings. The van der Waals surface area contributed by atoms with Gasteiger partial charge in [-0.2, -0.15) is 0 Å². The van der Waals surface area contributed by atoms with Crippen molar-refractivity contribution in [3.8, 4) is 0 Å². The standard InChI is InChI=1S/C8H9NO2.C2H4O2/c1-5-4-6(9)2-3-7(5)8(10)11;1-2(3)4/h2-4H,9H2,1H3,(H,10,11);1H3,(H,3,4). The van der Waals surface area contributed by atoms with Crippen LogP contribution in [0.25, 0.3) is 0 Å². The largest absolute Gasteiger partial charge is 0.481 e. The number of nitrogen functional groups attached to an aromatic ring is 1. The summed E-state index contributed by atoms with van der Waals surface area (Å²) in [4.78, 5) is 19.5. The number of carboxylic acid groups (broad SMARTS) is 2. The minimum Gasteiger partial charge on any atom is -0.481 e. The van der Waals surface area contributed by atoms with E-state index < -0.39 is 11.9 Å². The van der Waals surface area contributed by atoms with Crippen LogP contribution >= 0.6 is 0 Å². The first-order valence-corrected chi connectivity index (χ1v) is 4.13. The van der Waals surface area contributed by atoms with Gasteiger partial charge in [-0.15, -0.1) is 0 Å². The molecule has 1 aromatic carbocycles. The van der Waals surface area contributed by atoms with Crippen molar-refractivity contribution in [1.82, 2.24) is 0 Å². The van der Waals surface area contributed by atoms with Crippen molar-refractivity contribution in [2.75, 3.05) is 5.73 Å². The Morgan fingerprint density at radius 3 is 2.07 bits per heavy atom. The van der Waals surface area contributed by atoms with Crippen molar-refractivity contribution >= 4 is 17.6 Å². The van der Waals surface area contributed by atoms with Crippen molar-refractivity contribution in [2.24, 2.45) is 0 Å². The summed E-state index contributed by atoms with van der Waals surface area (Å²) in [6, 6.07) is 4.73. The van der Waals surface area contributed by atoms with E-state index in [1.807, 2.05) is 0 Å². The van der Waals surface area contributed by atoms with Crippen LogP contribution in [0.4, 0.5) is 5.69 Å². The first-order chi connectivity index (χ1) is 6.84. The highest BCUT2D eigenvalue weighted by Gasteiger charge is 2.04. The summed E-state index contributed by atoms with van der Waals surface area (Å²) in [7, 11) is 0. The van der Waals surface area contributed by atoms with Crippen molar-refractivity contribution in [2.45, 2.75) is 13.8 Å². The van der Waals surface area contributed by atoms with E-state index in [1.54, 1.807) is 19.1 Å². The quantitative estimate of drug-likeness (QED) is 0.609. The second-order valence-corrected chi connectivity index (χ2v) is 2.90. The molecule has 0 spiro atoms. The molecule has 0 radical (unpaired) electrons. The molecule has 82 valence electrons. The fourth-order valence-corrected chi connectivity index (χ4v) is 0.927. The molecule has 0 saturated heterocycles. The normalized spacial score (nSPS) is 8.67. The van der Waals surface area contributed by atoms with Gasteiger partial charge in [-0.05, 0) is 30.7 Å². The number of anilines is 1. The Morgan fingerprint density at radius 2 is 1.73 bits per heavy atom. The smallest absolute Gasteiger partial charge is 0.335 e. The predicted octanol–water partition coefficient (Wildman–Crippen LogP) is 1.37. The fraction of sp³-hybridized carbons (Fsp3) is 0.200. The third-order valence-electron chi connectivity index (χ3n) is 1.48. The van der Waals surface area contributed by atoms with E-state index in [4.69, 9.17) is 20.7 Å². The van der Waals surface area contributed by atoms with Crippen molar-refractivity contribution in [3.63, 3.8) is 0 Å². The number of rotatable bonds is 1. The first-order valence-electron chi connectivity index (χ1n) is 4.13. The van der Waals surface area contributed by atoms with E-state index in [0.717, 1.165) is 6.92 Å². The summed E-state index contributed by atoms with van der Waals surface area (Å²) in [5.74, 6) is -1.75. The molecule has 0 aromatic heterocycles. The van der Waals surface area contributed by atoms with Gasteiger partial charge in [0.05, 0.1) is 5.56 Å². The summed E-state index contributed by atoms with van der Waals surface area (Å²) in [5.41, 5.74) is 7.02. The van der Waals surface area contributed by atoms with E-state index >= 15 is 0 Å². The monoisotopic (exact) mass is 211 g/mol. The Bertz CT molecular complexity index is 370. The van der Waals surface area contributed by atoms with Gasteiger partial charge in [0.1, 0.15) is 0 Å². The topological polar surface area (TPSA) is 101 Å². The van der Waals surface area contributed by atoms with Crippen LogP contribution in [0.5, 0.6) is 0 Å². The van der Waals surface area contributed by atoms with Crippen LogP contribution in [0.3, 0.4) is 0 Å². The van der Waals surface area contributed by atoms with Crippen LogP contribution in [0.1, 0.15) is 22.8 Å². The molecule has 0 amide bonds. The molecule has 0 aliphatic carbocycles. The van der Waals surface area contributed by atoms with Gasteiger partial charge in [0, 0.05) is 12.6 Å². The molecule has 1 aromatic rings. The van der Waals surface area contributed by atoms with Gasteiger partial charge < -0.3 is 15.9 Å². The van der Waals surface area contributed by atoms with Crippen LogP contribution in [-0.4, -0.2) is 22.2 Å². The molecule has 4 N–H and O–H groups in total. The van der Waals surface area contributed by atoms with Crippen molar-refractivity contribution in [1.29, 1.82) is 0 Å². The third kappa shape index (κ3) is 5.30. The molecule has 15 heavy (non-hydrogen) atoms. The average Bonchev–Trinajstić information content (AvgIpc) is 2.01. The maximum atomic E-state index is 10.5. The van der Waals surface area contributed by atoms with Gasteiger partial charge in [0.15, 0.2) is 0 Å². The minimum absolute atomic E-state index is 0.305. The summed E-state index contributed by atoms with van der Waals surface area (Å²) in [6.07, 6.45) is 0. The Kier molecular flexibility index (Phi) is 4.87. The first kappa shape index (κ1) is 13.0. The molecule has 0 aliphatic heterocycles. The lowest BCUT2D eigenvalue weighted by Crippen LogP contribution is -1.99. The number of aryl methyl sites for hydroxylation is 1. The minimum atomic E-state index is -0.914. The fourth-order valence-electron chi connectivity index (χ4n) is 0.927. The molecule has 0 atom stereocenters. The van der Waals surface area contributed by atoms with Crippen LogP contribution in [0.15, 0.2) is 18.2 Å². The molecule has 0 unspecified atom stereocenters. The molecule has 0 aliphatic rings. The molecule has 1 rings (SSSR count). The third-order valence-corrected chi connectivity index (χ3v) is 1.48. The van der Waals surface area contributed by atoms with E-state index in [1.165, 1.54) is 6.07 Å². The van der Waals surface area contributed by atoms with Crippen LogP contribution in [0.2, 0.25) is 0 Å². The zero-order valence-electron chi connectivity index (χ0n) is 8.52. The Hall–Kier alpha value is -2.04. The molecule has 5 nitrogen and oxygen atoms in total. The maximum absolute atomic E-state index is 10.5. The van der Waals surface area contributed by atoms with Gasteiger partial charge >= 0.3 is 5.97 Å². The summed E-state index contributed by atoms with van der Waals surface area (Å²) in [6.45, 7) is 2.81. The second-order valence-electron chi connectivity index (χ2n) is 2.90. The molecular formula is C10H13NO4. The highest BCUT2D eigenvalue weighted by Crippen LogP contribution is 2.11. The van der Waals surface area contributed by atoms with E-state index in [-0.39, 0.29) is 0 Å². The van der Waals surface area contributed by atoms with Crippen molar-refractivity contribution < 1.29 is 19.8 Å². The summed E-state index contributed by atoms with van der Waals surface area (Å²) >= 11 is 0. The molecule has 5 heteroatoms. The van der Waals surface area contributed by atoms with Gasteiger partial charge in [-0.3, -0.25) is 4.79 Å². The van der Waals surface area contributed by atoms with Crippen molar-refractivity contribution in [3.05, 3.63) is 29.3 Å². The van der Waals surface area contributed by atoms with Crippen LogP contribution < -0.4 is 5.73 Å². The number of nitrogens with two attached hydrogens (primary N) is 1. The van der Waals surface area contributed by atoms with Gasteiger partial charge in [-0.1, -0.05) is 0 Å². The molecule has 0 heterocycles. The number of hydrogen-bond acceptors (Lipinski definition) is 3. The number of aliphatic carboxylic acids is 1. The SMILES string of the molecule is CC(=O)O.Cc1cc(N)ccc1C(=O)O. The van der Waals surface area contributed by atoms with Gasteiger partial charge in [0.25, 0.3) is 5.97 Å². The second kappa shape index (κ2) is 5.64. The van der Waals surface area contributed by atoms with Gasteiger partial charge in [0.2, 0.25) is 0 Å². The van der Waals surface area contributed by atoms with E-state index in [9.17, 15) is 4.79 Å². The number of hydrogen-bond donors (Lipinski definition) is 3. The lowest BCUT2D eigenvalue weighted by atomic mass is 10.1. The zero-order chi connectivity index (χ0) is 12.0. The van der Waals surface area contributed by atoms with E-state index in [0.29, 0.717) is 16.8 Å². The highest BCUT2D eigenvalue weighted by atomic mass is 16.4. The molecular weight excluding hydrogens is 198 g/mol. The number of benzene rings is 1. The molecule has 0 saturated carbocycles. The maximum Gasteiger partial charge on any atom is 0.335 e. The predicted molar refractivity (Wildman–Crippen MR) is 55.9 cm³/mol. The van der Waals surface area contributed by atoms with Crippen LogP contribution in [0, 0.1) is 6.92 Å². The summed E-state index contributed by atoms with van der Waals surface area (Å²) < 4.78 is 0. The Labute approximate surface area is 87.1 Å². The Morgan fingerprint density at radius 1 is 1.27 bits per heavy atom. The average molecular weight is 211 g/mol. The van der Waals surface area contributed by atoms with E-state index in [2.05, 4.69) is 0 Å². The highest BCUT2D eigenvalue weighted by molar-refractivity contribution is 5.89. The number of carboxylic acids is 2. The lowest BCUT2D eigenvalue weighted by Gasteiger charge is -2.00. The number of carbonyl (C=O) groups is 2. The molecule has 0 bridgehead atoms.